The van der Waals surface area contributed by atoms with Gasteiger partial charge in [-0.15, -0.1) is 5.10 Å². The summed E-state index contributed by atoms with van der Waals surface area (Å²) in [4.78, 5) is 0. The predicted octanol–water partition coefficient (Wildman–Crippen LogP) is 4.37. The van der Waals surface area contributed by atoms with Gasteiger partial charge in [0.2, 0.25) is 5.16 Å². The number of thioether (sulfide) groups is 1. The van der Waals surface area contributed by atoms with Gasteiger partial charge in [-0.2, -0.15) is 4.68 Å². The molecule has 0 N–H and O–H groups in total. The molecule has 0 bridgehead atoms. The molecule has 4 rings (SSSR count). The molecule has 27 heavy (non-hydrogen) atoms. The zero-order valence-corrected chi connectivity index (χ0v) is 15.6. The number of aromatic nitrogens is 5. The van der Waals surface area contributed by atoms with Crippen LogP contribution >= 0.6 is 11.8 Å². The molecule has 0 amide bonds. The smallest absolute Gasteiger partial charge is 0.214 e. The SMILES string of the molecule is Cc1ccccc1-n1nnnc1SCc1noc(-c2ccc(F)cc2)c1C. The van der Waals surface area contributed by atoms with E-state index in [2.05, 4.69) is 20.7 Å². The summed E-state index contributed by atoms with van der Waals surface area (Å²) in [7, 11) is 0. The molecular weight excluding hydrogens is 365 g/mol. The van der Waals surface area contributed by atoms with Crippen molar-refractivity contribution < 1.29 is 8.91 Å². The van der Waals surface area contributed by atoms with E-state index in [0.29, 0.717) is 16.7 Å². The first-order valence-electron chi connectivity index (χ1n) is 8.32. The summed E-state index contributed by atoms with van der Waals surface area (Å²) >= 11 is 1.48. The van der Waals surface area contributed by atoms with Crippen LogP contribution in [0.5, 0.6) is 0 Å². The number of hydrogen-bond acceptors (Lipinski definition) is 6. The van der Waals surface area contributed by atoms with Crippen molar-refractivity contribution in [2.45, 2.75) is 24.8 Å². The lowest BCUT2D eigenvalue weighted by Gasteiger charge is -2.06. The second-order valence-electron chi connectivity index (χ2n) is 6.04. The van der Waals surface area contributed by atoms with E-state index >= 15 is 0 Å². The maximum absolute atomic E-state index is 13.1. The highest BCUT2D eigenvalue weighted by molar-refractivity contribution is 7.98. The molecule has 136 valence electrons. The number of aryl methyl sites for hydroxylation is 1. The topological polar surface area (TPSA) is 69.6 Å². The van der Waals surface area contributed by atoms with Crippen molar-refractivity contribution in [3.8, 4) is 17.0 Å². The molecule has 0 aliphatic heterocycles. The third kappa shape index (κ3) is 3.48. The highest BCUT2D eigenvalue weighted by atomic mass is 32.2. The minimum atomic E-state index is -0.283. The molecule has 8 heteroatoms. The van der Waals surface area contributed by atoms with Gasteiger partial charge in [-0.3, -0.25) is 0 Å². The quantitative estimate of drug-likeness (QED) is 0.478. The highest BCUT2D eigenvalue weighted by Gasteiger charge is 2.17. The van der Waals surface area contributed by atoms with Gasteiger partial charge in [-0.05, 0) is 60.2 Å². The second kappa shape index (κ2) is 7.32. The maximum Gasteiger partial charge on any atom is 0.214 e. The summed E-state index contributed by atoms with van der Waals surface area (Å²) in [5, 5.41) is 16.9. The van der Waals surface area contributed by atoms with Crippen LogP contribution in [0.4, 0.5) is 4.39 Å². The molecule has 0 saturated carbocycles. The van der Waals surface area contributed by atoms with Gasteiger partial charge in [0.1, 0.15) is 5.82 Å². The molecule has 6 nitrogen and oxygen atoms in total. The largest absolute Gasteiger partial charge is 0.356 e. The molecule has 0 saturated heterocycles. The van der Waals surface area contributed by atoms with E-state index < -0.39 is 0 Å². The molecule has 4 aromatic rings. The maximum atomic E-state index is 13.1. The molecule has 0 atom stereocenters. The number of benzene rings is 2. The van der Waals surface area contributed by atoms with Gasteiger partial charge in [0.15, 0.2) is 5.76 Å². The molecule has 0 radical (unpaired) electrons. The summed E-state index contributed by atoms with van der Waals surface area (Å²) < 4.78 is 20.3. The lowest BCUT2D eigenvalue weighted by molar-refractivity contribution is 0.426. The summed E-state index contributed by atoms with van der Waals surface area (Å²) in [5.41, 5.74) is 4.54. The van der Waals surface area contributed by atoms with Crippen molar-refractivity contribution in [2.75, 3.05) is 0 Å². The van der Waals surface area contributed by atoms with Crippen LogP contribution in [-0.2, 0) is 5.75 Å². The highest BCUT2D eigenvalue weighted by Crippen LogP contribution is 2.30. The van der Waals surface area contributed by atoms with Crippen molar-refractivity contribution >= 4 is 11.8 Å². The van der Waals surface area contributed by atoms with Crippen LogP contribution in [0, 0.1) is 19.7 Å². The van der Waals surface area contributed by atoms with Gasteiger partial charge in [0, 0.05) is 16.9 Å². The van der Waals surface area contributed by atoms with Crippen LogP contribution in [0.1, 0.15) is 16.8 Å². The van der Waals surface area contributed by atoms with Crippen molar-refractivity contribution in [3.05, 3.63) is 71.2 Å². The van der Waals surface area contributed by atoms with E-state index in [9.17, 15) is 4.39 Å². The van der Waals surface area contributed by atoms with Gasteiger partial charge in [-0.25, -0.2) is 4.39 Å². The Morgan fingerprint density at radius 2 is 1.85 bits per heavy atom. The van der Waals surface area contributed by atoms with E-state index in [1.807, 2.05) is 38.1 Å². The number of nitrogens with zero attached hydrogens (tertiary/aromatic N) is 5. The summed E-state index contributed by atoms with van der Waals surface area (Å²) in [5.74, 6) is 0.918. The molecule has 2 aromatic carbocycles. The van der Waals surface area contributed by atoms with Crippen molar-refractivity contribution in [3.63, 3.8) is 0 Å². The van der Waals surface area contributed by atoms with E-state index in [1.165, 1.54) is 23.9 Å². The number of rotatable bonds is 5. The van der Waals surface area contributed by atoms with Gasteiger partial charge in [0.25, 0.3) is 0 Å². The van der Waals surface area contributed by atoms with Crippen LogP contribution in [-0.4, -0.2) is 25.4 Å². The molecule has 0 unspecified atom stereocenters. The van der Waals surface area contributed by atoms with Gasteiger partial charge in [0.05, 0.1) is 11.4 Å². The fraction of sp³-hybridized carbons (Fsp3) is 0.158. The van der Waals surface area contributed by atoms with E-state index in [-0.39, 0.29) is 5.82 Å². The Morgan fingerprint density at radius 1 is 1.07 bits per heavy atom. The lowest BCUT2D eigenvalue weighted by atomic mass is 10.1. The molecule has 0 aliphatic carbocycles. The second-order valence-corrected chi connectivity index (χ2v) is 6.98. The fourth-order valence-corrected chi connectivity index (χ4v) is 3.61. The van der Waals surface area contributed by atoms with Gasteiger partial charge < -0.3 is 4.52 Å². The average molecular weight is 381 g/mol. The minimum Gasteiger partial charge on any atom is -0.356 e. The van der Waals surface area contributed by atoms with Crippen LogP contribution in [0.3, 0.4) is 0 Å². The van der Waals surface area contributed by atoms with Crippen molar-refractivity contribution in [2.24, 2.45) is 0 Å². The molecule has 0 fully saturated rings. The third-order valence-corrected chi connectivity index (χ3v) is 5.18. The van der Waals surface area contributed by atoms with E-state index in [1.54, 1.807) is 16.8 Å². The monoisotopic (exact) mass is 381 g/mol. The number of halogens is 1. The van der Waals surface area contributed by atoms with Gasteiger partial charge in [-0.1, -0.05) is 35.1 Å². The Labute approximate surface area is 159 Å². The molecule has 2 heterocycles. The molecule has 0 aliphatic rings. The van der Waals surface area contributed by atoms with Crippen LogP contribution < -0.4 is 0 Å². The first-order valence-corrected chi connectivity index (χ1v) is 9.30. The predicted molar refractivity (Wildman–Crippen MR) is 100 cm³/mol. The zero-order valence-electron chi connectivity index (χ0n) is 14.8. The van der Waals surface area contributed by atoms with E-state index in [4.69, 9.17) is 4.52 Å². The van der Waals surface area contributed by atoms with E-state index in [0.717, 1.165) is 28.1 Å². The summed E-state index contributed by atoms with van der Waals surface area (Å²) in [6, 6.07) is 14.1. The third-order valence-electron chi connectivity index (χ3n) is 4.25. The zero-order chi connectivity index (χ0) is 18.8. The first-order chi connectivity index (χ1) is 13.1. The Morgan fingerprint density at radius 3 is 2.63 bits per heavy atom. The summed E-state index contributed by atoms with van der Waals surface area (Å²) in [6.45, 7) is 3.96. The van der Waals surface area contributed by atoms with Crippen LogP contribution in [0.15, 0.2) is 58.2 Å². The van der Waals surface area contributed by atoms with Crippen LogP contribution in [0.2, 0.25) is 0 Å². The minimum absolute atomic E-state index is 0.283. The first kappa shape index (κ1) is 17.4. The molecule has 0 spiro atoms. The Kier molecular flexibility index (Phi) is 4.72. The van der Waals surface area contributed by atoms with Crippen molar-refractivity contribution in [1.82, 2.24) is 25.4 Å². The number of tetrazole rings is 1. The molecule has 2 aromatic heterocycles. The normalized spacial score (nSPS) is 11.1. The lowest BCUT2D eigenvalue weighted by Crippen LogP contribution is -2.01. The van der Waals surface area contributed by atoms with Crippen molar-refractivity contribution in [1.29, 1.82) is 0 Å². The average Bonchev–Trinajstić information content (AvgIpc) is 3.28. The Balaban J connectivity index is 1.55. The number of hydrogen-bond donors (Lipinski definition) is 0. The Bertz CT molecular complexity index is 1070. The molecular formula is C19H16FN5OS. The number of para-hydroxylation sites is 1. The summed E-state index contributed by atoms with van der Waals surface area (Å²) in [6.07, 6.45) is 0. The fourth-order valence-electron chi connectivity index (χ4n) is 2.73. The van der Waals surface area contributed by atoms with Crippen LogP contribution in [0.25, 0.3) is 17.0 Å². The standard InChI is InChI=1S/C19H16FN5OS/c1-12-5-3-4-6-17(12)25-19(21-23-24-25)27-11-16-13(2)18(26-22-16)14-7-9-15(20)10-8-14/h3-10H,11H2,1-2H3. The van der Waals surface area contributed by atoms with Gasteiger partial charge >= 0.3 is 0 Å². The Hall–Kier alpha value is -3.00.